The number of hydrogen-bond donors (Lipinski definition) is 1. The fourth-order valence-corrected chi connectivity index (χ4v) is 6.28. The SMILES string of the molecule is O=C(N/N=C/c1ccc2c3c(cccc13)CC2)c1ccc(C2SCC(=O)N2Cc2ccccc2)cc1. The Balaban J connectivity index is 1.14. The first-order valence-corrected chi connectivity index (χ1v) is 13.1. The second kappa shape index (κ2) is 9.63. The number of nitrogens with one attached hydrogen (secondary N) is 1. The van der Waals surface area contributed by atoms with Gasteiger partial charge in [0.05, 0.1) is 12.0 Å². The maximum absolute atomic E-state index is 12.7. The van der Waals surface area contributed by atoms with Crippen LogP contribution >= 0.6 is 11.8 Å². The van der Waals surface area contributed by atoms with Crippen molar-refractivity contribution in [1.82, 2.24) is 10.3 Å². The summed E-state index contributed by atoms with van der Waals surface area (Å²) < 4.78 is 0. The lowest BCUT2D eigenvalue weighted by Crippen LogP contribution is -2.27. The molecule has 1 fully saturated rings. The number of thioether (sulfide) groups is 1. The monoisotopic (exact) mass is 491 g/mol. The zero-order valence-corrected chi connectivity index (χ0v) is 20.5. The van der Waals surface area contributed by atoms with Gasteiger partial charge in [0.2, 0.25) is 5.91 Å². The predicted octanol–water partition coefficient (Wildman–Crippen LogP) is 5.48. The first-order valence-electron chi connectivity index (χ1n) is 12.1. The van der Waals surface area contributed by atoms with E-state index in [1.807, 2.05) is 47.4 Å². The van der Waals surface area contributed by atoms with E-state index >= 15 is 0 Å². The molecule has 1 aliphatic carbocycles. The molecule has 6 heteroatoms. The molecule has 4 aromatic rings. The smallest absolute Gasteiger partial charge is 0.271 e. The fraction of sp³-hybridized carbons (Fsp3) is 0.167. The van der Waals surface area contributed by atoms with Crippen LogP contribution in [0.25, 0.3) is 10.8 Å². The molecule has 1 heterocycles. The van der Waals surface area contributed by atoms with E-state index in [4.69, 9.17) is 0 Å². The van der Waals surface area contributed by atoms with Gasteiger partial charge >= 0.3 is 0 Å². The summed E-state index contributed by atoms with van der Waals surface area (Å²) in [6.45, 7) is 0.575. The summed E-state index contributed by atoms with van der Waals surface area (Å²) in [7, 11) is 0. The third-order valence-corrected chi connectivity index (χ3v) is 8.16. The Bertz CT molecular complexity index is 1470. The highest BCUT2D eigenvalue weighted by Gasteiger charge is 2.32. The van der Waals surface area contributed by atoms with Crippen molar-refractivity contribution in [2.24, 2.45) is 5.10 Å². The normalized spacial score (nSPS) is 16.8. The number of rotatable bonds is 6. The Morgan fingerprint density at radius 3 is 2.53 bits per heavy atom. The highest BCUT2D eigenvalue weighted by molar-refractivity contribution is 8.00. The Hall–Kier alpha value is -3.90. The number of carbonyl (C=O) groups is 2. The predicted molar refractivity (Wildman–Crippen MR) is 145 cm³/mol. The highest BCUT2D eigenvalue weighted by atomic mass is 32.2. The van der Waals surface area contributed by atoms with Crippen LogP contribution in [0.1, 0.15) is 43.5 Å². The molecule has 1 unspecified atom stereocenters. The minimum atomic E-state index is -0.264. The van der Waals surface area contributed by atoms with Gasteiger partial charge in [-0.15, -0.1) is 11.8 Å². The molecule has 5 nitrogen and oxygen atoms in total. The van der Waals surface area contributed by atoms with Gasteiger partial charge in [0, 0.05) is 17.7 Å². The van der Waals surface area contributed by atoms with Crippen LogP contribution in [-0.4, -0.2) is 28.7 Å². The van der Waals surface area contributed by atoms with Crippen molar-refractivity contribution < 1.29 is 9.59 Å². The van der Waals surface area contributed by atoms with Crippen molar-refractivity contribution in [3.05, 3.63) is 118 Å². The third-order valence-electron chi connectivity index (χ3n) is 6.90. The molecule has 2 amide bonds. The standard InChI is InChI=1S/C30H25N3O2S/c34-27-19-36-30(33(27)18-20-5-2-1-3-6-20)24-14-12-23(13-15-24)29(35)32-31-17-25-16-11-22-10-9-21-7-4-8-26(25)28(21)22/h1-8,11-17,30H,9-10,18-19H2,(H,32,35)/b31-17+. The van der Waals surface area contributed by atoms with E-state index in [1.54, 1.807) is 30.1 Å². The Morgan fingerprint density at radius 1 is 0.944 bits per heavy atom. The molecular formula is C30H25N3O2S. The minimum absolute atomic E-state index is 0.0587. The summed E-state index contributed by atoms with van der Waals surface area (Å²) in [5.41, 5.74) is 9.05. The second-order valence-corrected chi connectivity index (χ2v) is 10.2. The van der Waals surface area contributed by atoms with Crippen LogP contribution in [0.2, 0.25) is 0 Å². The lowest BCUT2D eigenvalue weighted by atomic mass is 10.0. The molecule has 0 spiro atoms. The van der Waals surface area contributed by atoms with Crippen LogP contribution in [0, 0.1) is 0 Å². The molecule has 0 bridgehead atoms. The van der Waals surface area contributed by atoms with E-state index in [0.717, 1.165) is 29.5 Å². The average Bonchev–Trinajstić information content (AvgIpc) is 3.50. The van der Waals surface area contributed by atoms with Gasteiger partial charge < -0.3 is 4.90 Å². The molecular weight excluding hydrogens is 466 g/mol. The highest BCUT2D eigenvalue weighted by Crippen LogP contribution is 2.39. The van der Waals surface area contributed by atoms with Crippen LogP contribution in [-0.2, 0) is 24.2 Å². The van der Waals surface area contributed by atoms with Crippen LogP contribution < -0.4 is 5.43 Å². The summed E-state index contributed by atoms with van der Waals surface area (Å²) in [6.07, 6.45) is 3.88. The summed E-state index contributed by atoms with van der Waals surface area (Å²) in [4.78, 5) is 27.1. The van der Waals surface area contributed by atoms with E-state index < -0.39 is 0 Å². The zero-order chi connectivity index (χ0) is 24.5. The van der Waals surface area contributed by atoms with Gasteiger partial charge in [0.1, 0.15) is 5.37 Å². The van der Waals surface area contributed by atoms with Gasteiger partial charge in [-0.05, 0) is 58.0 Å². The molecule has 0 radical (unpaired) electrons. The van der Waals surface area contributed by atoms with Gasteiger partial charge in [0.15, 0.2) is 0 Å². The Kier molecular flexibility index (Phi) is 6.03. The molecule has 6 rings (SSSR count). The van der Waals surface area contributed by atoms with Crippen LogP contribution in [0.3, 0.4) is 0 Å². The molecule has 1 saturated heterocycles. The van der Waals surface area contributed by atoms with Crippen LogP contribution in [0.15, 0.2) is 90.0 Å². The number of benzene rings is 4. The quantitative estimate of drug-likeness (QED) is 0.287. The van der Waals surface area contributed by atoms with Crippen molar-refractivity contribution >= 4 is 40.6 Å². The molecule has 2 aliphatic rings. The Labute approximate surface area is 214 Å². The number of aryl methyl sites for hydroxylation is 2. The van der Waals surface area contributed by atoms with Crippen molar-refractivity contribution in [3.8, 4) is 0 Å². The van der Waals surface area contributed by atoms with Crippen molar-refractivity contribution in [1.29, 1.82) is 0 Å². The molecule has 1 atom stereocenters. The molecule has 4 aromatic carbocycles. The van der Waals surface area contributed by atoms with E-state index in [-0.39, 0.29) is 17.2 Å². The topological polar surface area (TPSA) is 61.8 Å². The maximum Gasteiger partial charge on any atom is 0.271 e. The Morgan fingerprint density at radius 2 is 1.72 bits per heavy atom. The molecule has 1 N–H and O–H groups in total. The van der Waals surface area contributed by atoms with Crippen LogP contribution in [0.4, 0.5) is 0 Å². The number of carbonyl (C=O) groups excluding carboxylic acids is 2. The fourth-order valence-electron chi connectivity index (χ4n) is 5.09. The van der Waals surface area contributed by atoms with Crippen molar-refractivity contribution in [3.63, 3.8) is 0 Å². The lowest BCUT2D eigenvalue weighted by molar-refractivity contribution is -0.128. The first kappa shape index (κ1) is 22.6. The number of amides is 2. The average molecular weight is 492 g/mol. The minimum Gasteiger partial charge on any atom is -0.322 e. The number of nitrogens with zero attached hydrogens (tertiary/aromatic N) is 2. The van der Waals surface area contributed by atoms with E-state index in [0.29, 0.717) is 17.9 Å². The molecule has 36 heavy (non-hydrogen) atoms. The summed E-state index contributed by atoms with van der Waals surface area (Å²) in [6, 6.07) is 28.1. The van der Waals surface area contributed by atoms with Gasteiger partial charge in [-0.3, -0.25) is 9.59 Å². The number of hydrazone groups is 1. The summed E-state index contributed by atoms with van der Waals surface area (Å²) in [5.74, 6) is 0.332. The molecule has 0 aromatic heterocycles. The maximum atomic E-state index is 12.7. The molecule has 1 aliphatic heterocycles. The van der Waals surface area contributed by atoms with E-state index in [1.165, 1.54) is 21.9 Å². The van der Waals surface area contributed by atoms with Crippen molar-refractivity contribution in [2.45, 2.75) is 24.8 Å². The van der Waals surface area contributed by atoms with Gasteiger partial charge in [-0.1, -0.05) is 72.8 Å². The number of hydrogen-bond acceptors (Lipinski definition) is 4. The van der Waals surface area contributed by atoms with Crippen molar-refractivity contribution in [2.75, 3.05) is 5.75 Å². The van der Waals surface area contributed by atoms with E-state index in [9.17, 15) is 9.59 Å². The van der Waals surface area contributed by atoms with E-state index in [2.05, 4.69) is 40.9 Å². The summed E-state index contributed by atoms with van der Waals surface area (Å²) >= 11 is 1.62. The largest absolute Gasteiger partial charge is 0.322 e. The van der Waals surface area contributed by atoms with Gasteiger partial charge in [-0.25, -0.2) is 5.43 Å². The van der Waals surface area contributed by atoms with Crippen LogP contribution in [0.5, 0.6) is 0 Å². The zero-order valence-electron chi connectivity index (χ0n) is 19.7. The first-order chi connectivity index (χ1) is 17.7. The molecule has 178 valence electrons. The molecule has 0 saturated carbocycles. The third kappa shape index (κ3) is 4.29. The van der Waals surface area contributed by atoms with Gasteiger partial charge in [-0.2, -0.15) is 5.10 Å². The second-order valence-electron chi connectivity index (χ2n) is 9.15. The lowest BCUT2D eigenvalue weighted by Gasteiger charge is -2.24. The summed E-state index contributed by atoms with van der Waals surface area (Å²) in [5, 5.41) is 6.68. The van der Waals surface area contributed by atoms with Gasteiger partial charge in [0.25, 0.3) is 5.91 Å².